The molecule has 0 amide bonds. The molecule has 0 atom stereocenters. The van der Waals surface area contributed by atoms with E-state index in [2.05, 4.69) is 17.1 Å². The number of hydrogen-bond donors (Lipinski definition) is 2. The molecular formula is C9H20N2O2. The van der Waals surface area contributed by atoms with E-state index in [-0.39, 0.29) is 6.61 Å². The lowest BCUT2D eigenvalue weighted by molar-refractivity contribution is 0.0560. The average molecular weight is 188 g/mol. The summed E-state index contributed by atoms with van der Waals surface area (Å²) in [6.45, 7) is 7.74. The lowest BCUT2D eigenvalue weighted by atomic mass is 10.1. The third-order valence-electron chi connectivity index (χ3n) is 2.44. The molecule has 1 saturated heterocycles. The minimum atomic E-state index is 0.122. The highest BCUT2D eigenvalue weighted by atomic mass is 16.5. The normalized spacial score (nSPS) is 17.8. The average Bonchev–Trinajstić information content (AvgIpc) is 2.07. The second kappa shape index (κ2) is 6.32. The monoisotopic (exact) mass is 188 g/mol. The van der Waals surface area contributed by atoms with Gasteiger partial charge >= 0.3 is 0 Å². The number of ether oxygens (including phenoxy) is 1. The number of nitrogens with zero attached hydrogens (tertiary/aromatic N) is 1. The van der Waals surface area contributed by atoms with E-state index < -0.39 is 0 Å². The Morgan fingerprint density at radius 2 is 2.23 bits per heavy atom. The Kier molecular flexibility index (Phi) is 5.31. The van der Waals surface area contributed by atoms with Crippen molar-refractivity contribution in [3.05, 3.63) is 0 Å². The Labute approximate surface area is 79.9 Å². The minimum Gasteiger partial charge on any atom is -0.394 e. The van der Waals surface area contributed by atoms with Gasteiger partial charge in [0, 0.05) is 25.7 Å². The maximum absolute atomic E-state index is 8.51. The molecule has 0 aromatic carbocycles. The topological polar surface area (TPSA) is 44.7 Å². The standard InChI is InChI=1S/C9H20N2O2/c1-2-11(9-7-10-8-9)3-5-13-6-4-12/h9-10,12H,2-8H2,1H3. The highest BCUT2D eigenvalue weighted by Gasteiger charge is 2.22. The molecule has 2 N–H and O–H groups in total. The molecule has 0 radical (unpaired) electrons. The summed E-state index contributed by atoms with van der Waals surface area (Å²) in [5, 5.41) is 11.8. The number of hydrogen-bond acceptors (Lipinski definition) is 4. The molecule has 0 spiro atoms. The van der Waals surface area contributed by atoms with Gasteiger partial charge in [-0.1, -0.05) is 6.92 Å². The number of aliphatic hydroxyl groups excluding tert-OH is 1. The summed E-state index contributed by atoms with van der Waals surface area (Å²) in [7, 11) is 0. The fourth-order valence-electron chi connectivity index (χ4n) is 1.48. The first-order valence-electron chi connectivity index (χ1n) is 5.01. The van der Waals surface area contributed by atoms with Crippen molar-refractivity contribution < 1.29 is 9.84 Å². The van der Waals surface area contributed by atoms with Gasteiger partial charge in [-0.15, -0.1) is 0 Å². The van der Waals surface area contributed by atoms with E-state index in [1.54, 1.807) is 0 Å². The molecule has 4 heteroatoms. The summed E-state index contributed by atoms with van der Waals surface area (Å²) in [5.74, 6) is 0. The van der Waals surface area contributed by atoms with Crippen LogP contribution in [0.25, 0.3) is 0 Å². The van der Waals surface area contributed by atoms with Gasteiger partial charge < -0.3 is 15.2 Å². The molecule has 1 heterocycles. The predicted octanol–water partition coefficient (Wildman–Crippen LogP) is -0.711. The first-order valence-corrected chi connectivity index (χ1v) is 5.01. The van der Waals surface area contributed by atoms with Crippen molar-refractivity contribution in [3.63, 3.8) is 0 Å². The largest absolute Gasteiger partial charge is 0.394 e. The van der Waals surface area contributed by atoms with Gasteiger partial charge in [-0.3, -0.25) is 4.90 Å². The predicted molar refractivity (Wildman–Crippen MR) is 51.8 cm³/mol. The van der Waals surface area contributed by atoms with Crippen molar-refractivity contribution in [2.75, 3.05) is 46.0 Å². The van der Waals surface area contributed by atoms with Crippen molar-refractivity contribution in [2.45, 2.75) is 13.0 Å². The molecule has 1 aliphatic rings. The summed E-state index contributed by atoms with van der Waals surface area (Å²) in [4.78, 5) is 2.41. The Morgan fingerprint density at radius 3 is 2.69 bits per heavy atom. The van der Waals surface area contributed by atoms with Gasteiger partial charge in [0.05, 0.1) is 19.8 Å². The first kappa shape index (κ1) is 10.9. The molecular weight excluding hydrogens is 168 g/mol. The van der Waals surface area contributed by atoms with Crippen LogP contribution in [-0.2, 0) is 4.74 Å². The number of nitrogens with one attached hydrogen (secondary N) is 1. The van der Waals surface area contributed by atoms with Crippen LogP contribution in [0.3, 0.4) is 0 Å². The smallest absolute Gasteiger partial charge is 0.0698 e. The Bertz CT molecular complexity index is 129. The molecule has 4 nitrogen and oxygen atoms in total. The fourth-order valence-corrected chi connectivity index (χ4v) is 1.48. The van der Waals surface area contributed by atoms with Crippen LogP contribution >= 0.6 is 0 Å². The van der Waals surface area contributed by atoms with Crippen LogP contribution in [0.15, 0.2) is 0 Å². The van der Waals surface area contributed by atoms with Gasteiger partial charge in [0.25, 0.3) is 0 Å². The maximum Gasteiger partial charge on any atom is 0.0698 e. The third kappa shape index (κ3) is 3.60. The Morgan fingerprint density at radius 1 is 1.46 bits per heavy atom. The molecule has 1 rings (SSSR count). The SMILES string of the molecule is CCN(CCOCCO)C1CNC1. The van der Waals surface area contributed by atoms with Crippen molar-refractivity contribution in [3.8, 4) is 0 Å². The lowest BCUT2D eigenvalue weighted by Crippen LogP contribution is -2.57. The number of rotatable bonds is 7. The second-order valence-electron chi connectivity index (χ2n) is 3.28. The van der Waals surface area contributed by atoms with Crippen LogP contribution in [0.1, 0.15) is 6.92 Å². The lowest BCUT2D eigenvalue weighted by Gasteiger charge is -2.37. The van der Waals surface area contributed by atoms with E-state index in [0.717, 1.165) is 32.8 Å². The molecule has 0 saturated carbocycles. The van der Waals surface area contributed by atoms with Gasteiger partial charge in [0.15, 0.2) is 0 Å². The van der Waals surface area contributed by atoms with Crippen molar-refractivity contribution in [1.29, 1.82) is 0 Å². The molecule has 1 fully saturated rings. The molecule has 1 aliphatic heterocycles. The summed E-state index contributed by atoms with van der Waals surface area (Å²) >= 11 is 0. The van der Waals surface area contributed by atoms with Crippen LogP contribution in [0, 0.1) is 0 Å². The minimum absolute atomic E-state index is 0.122. The van der Waals surface area contributed by atoms with Crippen LogP contribution in [0.5, 0.6) is 0 Å². The molecule has 0 bridgehead atoms. The maximum atomic E-state index is 8.51. The van der Waals surface area contributed by atoms with Gasteiger partial charge in [0.2, 0.25) is 0 Å². The molecule has 0 aromatic heterocycles. The second-order valence-corrected chi connectivity index (χ2v) is 3.28. The van der Waals surface area contributed by atoms with Crippen LogP contribution in [0.2, 0.25) is 0 Å². The first-order chi connectivity index (χ1) is 6.38. The Balaban J connectivity index is 2.02. The van der Waals surface area contributed by atoms with E-state index in [1.165, 1.54) is 0 Å². The summed E-state index contributed by atoms with van der Waals surface area (Å²) < 4.78 is 5.22. The number of aliphatic hydroxyl groups is 1. The zero-order valence-corrected chi connectivity index (χ0v) is 8.33. The van der Waals surface area contributed by atoms with Gasteiger partial charge in [-0.25, -0.2) is 0 Å². The summed E-state index contributed by atoms with van der Waals surface area (Å²) in [6.07, 6.45) is 0. The van der Waals surface area contributed by atoms with E-state index in [0.29, 0.717) is 12.6 Å². The number of likely N-dealkylation sites (N-methyl/N-ethyl adjacent to an activating group) is 1. The Hall–Kier alpha value is -0.160. The third-order valence-corrected chi connectivity index (χ3v) is 2.44. The van der Waals surface area contributed by atoms with Gasteiger partial charge in [-0.05, 0) is 6.54 Å². The summed E-state index contributed by atoms with van der Waals surface area (Å²) in [6, 6.07) is 0.697. The van der Waals surface area contributed by atoms with Crippen molar-refractivity contribution in [1.82, 2.24) is 10.2 Å². The van der Waals surface area contributed by atoms with Crippen LogP contribution < -0.4 is 5.32 Å². The van der Waals surface area contributed by atoms with E-state index in [9.17, 15) is 0 Å². The van der Waals surface area contributed by atoms with Crippen molar-refractivity contribution >= 4 is 0 Å². The zero-order valence-electron chi connectivity index (χ0n) is 8.33. The highest BCUT2D eigenvalue weighted by molar-refractivity contribution is 4.83. The molecule has 13 heavy (non-hydrogen) atoms. The zero-order chi connectivity index (χ0) is 9.52. The van der Waals surface area contributed by atoms with Gasteiger partial charge in [0.1, 0.15) is 0 Å². The molecule has 0 aliphatic carbocycles. The van der Waals surface area contributed by atoms with E-state index in [1.807, 2.05) is 0 Å². The molecule has 0 unspecified atom stereocenters. The molecule has 0 aromatic rings. The van der Waals surface area contributed by atoms with Crippen molar-refractivity contribution in [2.24, 2.45) is 0 Å². The summed E-state index contributed by atoms with van der Waals surface area (Å²) in [5.41, 5.74) is 0. The van der Waals surface area contributed by atoms with Crippen LogP contribution in [-0.4, -0.2) is 62.0 Å². The molecule has 78 valence electrons. The van der Waals surface area contributed by atoms with Crippen LogP contribution in [0.4, 0.5) is 0 Å². The quantitative estimate of drug-likeness (QED) is 0.518. The van der Waals surface area contributed by atoms with Gasteiger partial charge in [-0.2, -0.15) is 0 Å². The fraction of sp³-hybridized carbons (Fsp3) is 1.00. The highest BCUT2D eigenvalue weighted by Crippen LogP contribution is 2.03. The van der Waals surface area contributed by atoms with E-state index >= 15 is 0 Å². The van der Waals surface area contributed by atoms with E-state index in [4.69, 9.17) is 9.84 Å².